The van der Waals surface area contributed by atoms with Crippen LogP contribution >= 0.6 is 0 Å². The number of hydrogen-bond acceptors (Lipinski definition) is 1. The van der Waals surface area contributed by atoms with E-state index >= 15 is 0 Å². The van der Waals surface area contributed by atoms with Gasteiger partial charge in [0.25, 0.3) is 0 Å². The van der Waals surface area contributed by atoms with Crippen LogP contribution in [0.2, 0.25) is 0 Å². The number of fused-ring (bicyclic) bond motifs is 1. The summed E-state index contributed by atoms with van der Waals surface area (Å²) in [6, 6.07) is 16.7. The molecule has 0 bridgehead atoms. The van der Waals surface area contributed by atoms with Gasteiger partial charge in [-0.2, -0.15) is 0 Å². The van der Waals surface area contributed by atoms with Crippen LogP contribution in [0.5, 0.6) is 0 Å². The number of amides is 2. The first kappa shape index (κ1) is 15.6. The topological polar surface area (TPSA) is 32.3 Å². The molecule has 1 aliphatic heterocycles. The van der Waals surface area contributed by atoms with Crippen molar-refractivity contribution in [3.8, 4) is 0 Å². The third-order valence-corrected chi connectivity index (χ3v) is 4.65. The Balaban J connectivity index is 1.66. The van der Waals surface area contributed by atoms with Crippen molar-refractivity contribution in [2.24, 2.45) is 0 Å². The quantitative estimate of drug-likeness (QED) is 0.911. The molecule has 2 aromatic rings. The lowest BCUT2D eigenvalue weighted by Crippen LogP contribution is -2.44. The number of carbonyl (C=O) groups is 1. The monoisotopic (exact) mass is 308 g/mol. The van der Waals surface area contributed by atoms with Crippen LogP contribution in [0.15, 0.2) is 48.5 Å². The van der Waals surface area contributed by atoms with E-state index in [1.54, 1.807) is 0 Å². The summed E-state index contributed by atoms with van der Waals surface area (Å²) < 4.78 is 0. The van der Waals surface area contributed by atoms with Crippen LogP contribution in [0.1, 0.15) is 30.5 Å². The van der Waals surface area contributed by atoms with E-state index in [0.29, 0.717) is 6.54 Å². The fraction of sp³-hybridized carbons (Fsp3) is 0.350. The molecule has 0 saturated heterocycles. The van der Waals surface area contributed by atoms with Gasteiger partial charge in [-0.3, -0.25) is 4.90 Å². The summed E-state index contributed by atoms with van der Waals surface area (Å²) in [4.78, 5) is 14.4. The minimum atomic E-state index is -0.0946. The molecule has 3 rings (SSSR count). The lowest BCUT2D eigenvalue weighted by molar-refractivity contribution is 0.244. The third kappa shape index (κ3) is 3.24. The molecule has 0 aromatic heterocycles. The van der Waals surface area contributed by atoms with E-state index in [9.17, 15) is 4.79 Å². The minimum Gasteiger partial charge on any atom is -0.337 e. The predicted molar refractivity (Wildman–Crippen MR) is 95.1 cm³/mol. The molecule has 0 saturated carbocycles. The summed E-state index contributed by atoms with van der Waals surface area (Å²) in [6.07, 6.45) is 0.935. The number of benzene rings is 2. The Hall–Kier alpha value is -2.29. The Morgan fingerprint density at radius 2 is 1.83 bits per heavy atom. The van der Waals surface area contributed by atoms with Gasteiger partial charge in [0, 0.05) is 24.2 Å². The largest absolute Gasteiger partial charge is 0.337 e. The zero-order chi connectivity index (χ0) is 16.4. The van der Waals surface area contributed by atoms with Crippen molar-refractivity contribution in [3.05, 3.63) is 65.2 Å². The molecular formula is C20H24N2O. The van der Waals surface area contributed by atoms with Gasteiger partial charge in [-0.05, 0) is 30.5 Å². The molecule has 3 nitrogen and oxygen atoms in total. The Bertz CT molecular complexity index is 704. The number of nitrogens with zero attached hydrogens (tertiary/aromatic N) is 1. The van der Waals surface area contributed by atoms with Crippen LogP contribution in [-0.2, 0) is 11.8 Å². The zero-order valence-electron chi connectivity index (χ0n) is 14.1. The van der Waals surface area contributed by atoms with E-state index in [2.05, 4.69) is 56.4 Å². The van der Waals surface area contributed by atoms with Crippen LogP contribution in [-0.4, -0.2) is 19.1 Å². The number of carbonyl (C=O) groups excluding carboxylic acids is 1. The average Bonchev–Trinajstić information content (AvgIpc) is 2.97. The summed E-state index contributed by atoms with van der Waals surface area (Å²) in [5.74, 6) is 0. The Morgan fingerprint density at radius 1 is 1.13 bits per heavy atom. The highest BCUT2D eigenvalue weighted by Gasteiger charge is 2.26. The van der Waals surface area contributed by atoms with Gasteiger partial charge in [-0.25, -0.2) is 4.79 Å². The van der Waals surface area contributed by atoms with Crippen LogP contribution in [0, 0.1) is 6.92 Å². The highest BCUT2D eigenvalue weighted by Crippen LogP contribution is 2.28. The van der Waals surface area contributed by atoms with Crippen LogP contribution < -0.4 is 10.2 Å². The van der Waals surface area contributed by atoms with Gasteiger partial charge in [-0.1, -0.05) is 61.9 Å². The molecule has 1 heterocycles. The number of anilines is 1. The highest BCUT2D eigenvalue weighted by molar-refractivity contribution is 5.94. The summed E-state index contributed by atoms with van der Waals surface area (Å²) >= 11 is 0. The Kier molecular flexibility index (Phi) is 4.12. The first-order chi connectivity index (χ1) is 11.0. The lowest BCUT2D eigenvalue weighted by atomic mass is 9.84. The maximum atomic E-state index is 12.6. The van der Waals surface area contributed by atoms with E-state index < -0.39 is 0 Å². The van der Waals surface area contributed by atoms with Crippen molar-refractivity contribution < 1.29 is 4.79 Å². The highest BCUT2D eigenvalue weighted by atomic mass is 16.2. The predicted octanol–water partition coefficient (Wildman–Crippen LogP) is 4.04. The van der Waals surface area contributed by atoms with Gasteiger partial charge in [0.15, 0.2) is 0 Å². The van der Waals surface area contributed by atoms with Gasteiger partial charge in [-0.15, -0.1) is 0 Å². The summed E-state index contributed by atoms with van der Waals surface area (Å²) in [6.45, 7) is 7.79. The molecule has 0 spiro atoms. The van der Waals surface area contributed by atoms with Crippen LogP contribution in [0.4, 0.5) is 10.5 Å². The summed E-state index contributed by atoms with van der Waals surface area (Å²) in [5, 5.41) is 3.11. The van der Waals surface area contributed by atoms with Crippen molar-refractivity contribution in [3.63, 3.8) is 0 Å². The number of hydrogen-bond donors (Lipinski definition) is 1. The number of nitrogens with one attached hydrogen (secondary N) is 1. The van der Waals surface area contributed by atoms with Gasteiger partial charge in [0.05, 0.1) is 0 Å². The first-order valence-electron chi connectivity index (χ1n) is 8.18. The average molecular weight is 308 g/mol. The number of aryl methyl sites for hydroxylation is 1. The summed E-state index contributed by atoms with van der Waals surface area (Å²) in [7, 11) is 0. The minimum absolute atomic E-state index is 0.00450. The molecule has 2 amide bonds. The van der Waals surface area contributed by atoms with Crippen LogP contribution in [0.3, 0.4) is 0 Å². The maximum absolute atomic E-state index is 12.6. The third-order valence-electron chi connectivity index (χ3n) is 4.65. The second-order valence-electron chi connectivity index (χ2n) is 6.94. The van der Waals surface area contributed by atoms with E-state index in [-0.39, 0.29) is 11.4 Å². The molecule has 3 heteroatoms. The molecule has 23 heavy (non-hydrogen) atoms. The van der Waals surface area contributed by atoms with Gasteiger partial charge in [0.1, 0.15) is 0 Å². The van der Waals surface area contributed by atoms with Gasteiger partial charge in [0.2, 0.25) is 0 Å². The fourth-order valence-corrected chi connectivity index (χ4v) is 3.05. The molecule has 0 atom stereocenters. The molecule has 0 fully saturated rings. The Labute approximate surface area is 138 Å². The number of para-hydroxylation sites is 1. The van der Waals surface area contributed by atoms with Crippen molar-refractivity contribution in [2.75, 3.05) is 18.0 Å². The second kappa shape index (κ2) is 6.07. The van der Waals surface area contributed by atoms with Gasteiger partial charge >= 0.3 is 6.03 Å². The van der Waals surface area contributed by atoms with E-state index in [1.165, 1.54) is 16.7 Å². The SMILES string of the molecule is Cc1ccc(C(C)(C)CNC(=O)N2CCc3ccccc32)cc1. The van der Waals surface area contributed by atoms with Crippen molar-refractivity contribution >= 4 is 11.7 Å². The van der Waals surface area contributed by atoms with E-state index in [0.717, 1.165) is 18.7 Å². The Morgan fingerprint density at radius 3 is 2.57 bits per heavy atom. The number of urea groups is 1. The molecule has 120 valence electrons. The first-order valence-corrected chi connectivity index (χ1v) is 8.18. The molecule has 0 unspecified atom stereocenters. The van der Waals surface area contributed by atoms with Crippen molar-refractivity contribution in [1.29, 1.82) is 0 Å². The molecular weight excluding hydrogens is 284 g/mol. The molecule has 1 aliphatic rings. The molecule has 1 N–H and O–H groups in total. The molecule has 0 aliphatic carbocycles. The van der Waals surface area contributed by atoms with E-state index in [1.807, 2.05) is 23.1 Å². The molecule has 2 aromatic carbocycles. The van der Waals surface area contributed by atoms with Crippen molar-refractivity contribution in [1.82, 2.24) is 5.32 Å². The summed E-state index contributed by atoms with van der Waals surface area (Å²) in [5.41, 5.74) is 4.69. The second-order valence-corrected chi connectivity index (χ2v) is 6.94. The maximum Gasteiger partial charge on any atom is 0.321 e. The standard InChI is InChI=1S/C20H24N2O/c1-15-8-10-17(11-9-15)20(2,3)14-21-19(23)22-13-12-16-6-4-5-7-18(16)22/h4-11H,12-14H2,1-3H3,(H,21,23). The van der Waals surface area contributed by atoms with Gasteiger partial charge < -0.3 is 5.32 Å². The number of rotatable bonds is 3. The lowest BCUT2D eigenvalue weighted by Gasteiger charge is -2.27. The fourth-order valence-electron chi connectivity index (χ4n) is 3.05. The van der Waals surface area contributed by atoms with E-state index in [4.69, 9.17) is 0 Å². The normalized spacial score (nSPS) is 13.8. The molecule has 0 radical (unpaired) electrons. The van der Waals surface area contributed by atoms with Crippen LogP contribution in [0.25, 0.3) is 0 Å². The smallest absolute Gasteiger partial charge is 0.321 e. The zero-order valence-corrected chi connectivity index (χ0v) is 14.1. The van der Waals surface area contributed by atoms with Crippen molar-refractivity contribution in [2.45, 2.75) is 32.6 Å².